The number of rotatable bonds is 8. The van der Waals surface area contributed by atoms with Crippen LogP contribution in [0.25, 0.3) is 0 Å². The molecule has 2 N–H and O–H groups in total. The molecule has 0 spiro atoms. The van der Waals surface area contributed by atoms with Crippen LogP contribution in [0.1, 0.15) is 61.3 Å². The maximum atomic E-state index is 12.1. The topological polar surface area (TPSA) is 153 Å². The Hall–Kier alpha value is -3.57. The molecule has 0 unspecified atom stereocenters. The number of nitrogens with zero attached hydrogens (tertiary/aromatic N) is 3. The third-order valence-corrected chi connectivity index (χ3v) is 5.53. The molecule has 1 saturated heterocycles. The number of Topliss-reactive ketones (excluding diaryl/α,β-unsaturated/α-hetero) is 1. The highest BCUT2D eigenvalue weighted by Gasteiger charge is 2.27. The predicted octanol–water partition coefficient (Wildman–Crippen LogP) is 0.262. The molecule has 2 aliphatic rings. The van der Waals surface area contributed by atoms with E-state index < -0.39 is 11.8 Å². The van der Waals surface area contributed by atoms with E-state index in [2.05, 4.69) is 10.6 Å². The molecule has 0 aromatic rings. The summed E-state index contributed by atoms with van der Waals surface area (Å²) >= 11 is 0. The van der Waals surface area contributed by atoms with E-state index in [1.807, 2.05) is 41.5 Å². The second-order valence-electron chi connectivity index (χ2n) is 12.1. The molecule has 2 heterocycles. The summed E-state index contributed by atoms with van der Waals surface area (Å²) < 4.78 is 0. The lowest BCUT2D eigenvalue weighted by molar-refractivity contribution is -0.143. The Labute approximate surface area is 230 Å². The van der Waals surface area contributed by atoms with Crippen molar-refractivity contribution in [1.82, 2.24) is 25.3 Å². The molecule has 0 atom stereocenters. The number of carbonyl (C=O) groups is 7. The highest BCUT2D eigenvalue weighted by molar-refractivity contribution is 6.14. The van der Waals surface area contributed by atoms with Crippen LogP contribution < -0.4 is 10.6 Å². The Bertz CT molecular complexity index is 965. The van der Waals surface area contributed by atoms with Crippen molar-refractivity contribution in [2.45, 2.75) is 61.3 Å². The van der Waals surface area contributed by atoms with Crippen molar-refractivity contribution < 1.29 is 33.6 Å². The maximum absolute atomic E-state index is 12.1. The van der Waals surface area contributed by atoms with Gasteiger partial charge in [-0.05, 0) is 17.8 Å². The van der Waals surface area contributed by atoms with Crippen LogP contribution in [0, 0.1) is 10.8 Å². The molecule has 39 heavy (non-hydrogen) atoms. The number of hydrogen-bond donors (Lipinski definition) is 2. The zero-order chi connectivity index (χ0) is 30.0. The number of hydrogen-bond acceptors (Lipinski definition) is 7. The van der Waals surface area contributed by atoms with Crippen LogP contribution in [0.2, 0.25) is 0 Å². The van der Waals surface area contributed by atoms with E-state index in [1.165, 1.54) is 19.1 Å². The summed E-state index contributed by atoms with van der Waals surface area (Å²) in [5, 5.41) is 5.43. The van der Waals surface area contributed by atoms with Crippen molar-refractivity contribution >= 4 is 41.2 Å². The van der Waals surface area contributed by atoms with Crippen LogP contribution in [0.5, 0.6) is 0 Å². The fraction of sp³-hybridized carbons (Fsp3) is 0.667. The minimum atomic E-state index is -0.434. The summed E-state index contributed by atoms with van der Waals surface area (Å²) in [6, 6.07) is 0. The number of amides is 6. The zero-order valence-electron chi connectivity index (χ0n) is 24.2. The number of imide groups is 1. The minimum absolute atomic E-state index is 0.0209. The summed E-state index contributed by atoms with van der Waals surface area (Å²) in [6.07, 6.45) is 2.07. The molecule has 0 bridgehead atoms. The van der Waals surface area contributed by atoms with Gasteiger partial charge in [0.1, 0.15) is 18.7 Å². The fourth-order valence-electron chi connectivity index (χ4n) is 3.36. The van der Waals surface area contributed by atoms with Crippen molar-refractivity contribution in [1.29, 1.82) is 0 Å². The van der Waals surface area contributed by atoms with Gasteiger partial charge in [-0.2, -0.15) is 0 Å². The lowest BCUT2D eigenvalue weighted by Gasteiger charge is -2.34. The molecule has 1 fully saturated rings. The van der Waals surface area contributed by atoms with Crippen LogP contribution in [0.4, 0.5) is 0 Å². The Balaban J connectivity index is 0.000000416. The lowest BCUT2D eigenvalue weighted by Crippen LogP contribution is -2.51. The quantitative estimate of drug-likeness (QED) is 0.325. The Kier molecular flexibility index (Phi) is 12.5. The largest absolute Gasteiger partial charge is 0.355 e. The van der Waals surface area contributed by atoms with Gasteiger partial charge in [-0.1, -0.05) is 41.5 Å². The maximum Gasteiger partial charge on any atom is 0.254 e. The molecule has 0 aromatic carbocycles. The molecular formula is C27H43N5O7. The van der Waals surface area contributed by atoms with Crippen molar-refractivity contribution in [2.75, 3.05) is 45.8 Å². The van der Waals surface area contributed by atoms with Crippen LogP contribution >= 0.6 is 0 Å². The van der Waals surface area contributed by atoms with Crippen molar-refractivity contribution in [3.8, 4) is 0 Å². The van der Waals surface area contributed by atoms with Gasteiger partial charge in [-0.15, -0.1) is 0 Å². The van der Waals surface area contributed by atoms with Gasteiger partial charge in [0.05, 0.1) is 6.42 Å². The monoisotopic (exact) mass is 549 g/mol. The molecule has 6 amide bonds. The van der Waals surface area contributed by atoms with Gasteiger partial charge in [0.25, 0.3) is 11.8 Å². The number of nitrogens with one attached hydrogen (secondary N) is 2. The predicted molar refractivity (Wildman–Crippen MR) is 144 cm³/mol. The molecule has 12 heteroatoms. The SMILES string of the molecule is CC(=O)CC(=O)N1CCN(C(=O)CC(=O)NCC(C)(C)C)CC1.CC(C)(C)CNC(=O)CN1C(=O)C=CC1=O. The number of carbonyl (C=O) groups excluding carboxylic acids is 7. The average molecular weight is 550 g/mol. The molecule has 0 aliphatic carbocycles. The summed E-state index contributed by atoms with van der Waals surface area (Å²) in [5.74, 6) is -2.06. The van der Waals surface area contributed by atoms with Gasteiger partial charge in [0.15, 0.2) is 0 Å². The smallest absolute Gasteiger partial charge is 0.254 e. The van der Waals surface area contributed by atoms with E-state index in [4.69, 9.17) is 0 Å². The molecular weight excluding hydrogens is 506 g/mol. The normalized spacial score (nSPS) is 15.5. The van der Waals surface area contributed by atoms with E-state index in [0.717, 1.165) is 4.90 Å². The van der Waals surface area contributed by atoms with Gasteiger partial charge in [-0.3, -0.25) is 38.5 Å². The third kappa shape index (κ3) is 13.7. The number of piperazine rings is 1. The average Bonchev–Trinajstić information content (AvgIpc) is 3.12. The second-order valence-corrected chi connectivity index (χ2v) is 12.1. The van der Waals surface area contributed by atoms with Crippen LogP contribution in [-0.4, -0.2) is 102 Å². The molecule has 218 valence electrons. The Morgan fingerprint density at radius 1 is 0.692 bits per heavy atom. The molecule has 12 nitrogen and oxygen atoms in total. The molecule has 2 aliphatic heterocycles. The standard InChI is InChI=1S/C16H27N3O4.C11H16N2O3/c1-12(20)9-14(22)18-5-7-19(8-6-18)15(23)10-13(21)17-11-16(2,3)4;1-11(2,3)7-12-8(14)6-13-9(15)4-5-10(13)16/h5-11H2,1-4H3,(H,17,21);4-5H,6-7H2,1-3H3,(H,12,14). The zero-order valence-corrected chi connectivity index (χ0v) is 24.2. The van der Waals surface area contributed by atoms with E-state index in [-0.39, 0.29) is 59.6 Å². The van der Waals surface area contributed by atoms with E-state index in [9.17, 15) is 33.6 Å². The molecule has 0 aromatic heterocycles. The van der Waals surface area contributed by atoms with Gasteiger partial charge in [0.2, 0.25) is 23.6 Å². The van der Waals surface area contributed by atoms with Gasteiger partial charge >= 0.3 is 0 Å². The second kappa shape index (κ2) is 14.5. The van der Waals surface area contributed by atoms with Crippen LogP contribution in [0.15, 0.2) is 12.2 Å². The highest BCUT2D eigenvalue weighted by Crippen LogP contribution is 2.11. The minimum Gasteiger partial charge on any atom is -0.355 e. The van der Waals surface area contributed by atoms with Crippen molar-refractivity contribution in [3.05, 3.63) is 12.2 Å². The summed E-state index contributed by atoms with van der Waals surface area (Å²) in [4.78, 5) is 84.5. The summed E-state index contributed by atoms with van der Waals surface area (Å²) in [7, 11) is 0. The van der Waals surface area contributed by atoms with Gasteiger partial charge in [-0.25, -0.2) is 0 Å². The first-order valence-corrected chi connectivity index (χ1v) is 13.0. The first-order chi connectivity index (χ1) is 17.9. The van der Waals surface area contributed by atoms with E-state index in [1.54, 1.807) is 9.80 Å². The third-order valence-electron chi connectivity index (χ3n) is 5.53. The van der Waals surface area contributed by atoms with Gasteiger partial charge in [0, 0.05) is 51.4 Å². The first-order valence-electron chi connectivity index (χ1n) is 13.0. The van der Waals surface area contributed by atoms with E-state index in [0.29, 0.717) is 39.3 Å². The van der Waals surface area contributed by atoms with E-state index >= 15 is 0 Å². The Morgan fingerprint density at radius 3 is 1.46 bits per heavy atom. The fourth-order valence-corrected chi connectivity index (χ4v) is 3.36. The van der Waals surface area contributed by atoms with Gasteiger partial charge < -0.3 is 20.4 Å². The number of ketones is 1. The van der Waals surface area contributed by atoms with Crippen LogP contribution in [0.3, 0.4) is 0 Å². The lowest BCUT2D eigenvalue weighted by atomic mass is 9.97. The Morgan fingerprint density at radius 2 is 1.08 bits per heavy atom. The molecule has 0 radical (unpaired) electrons. The van der Waals surface area contributed by atoms with Crippen LogP contribution in [-0.2, 0) is 33.6 Å². The molecule has 0 saturated carbocycles. The highest BCUT2D eigenvalue weighted by atomic mass is 16.2. The molecule has 2 rings (SSSR count). The van der Waals surface area contributed by atoms with Crippen molar-refractivity contribution in [2.24, 2.45) is 10.8 Å². The summed E-state index contributed by atoms with van der Waals surface area (Å²) in [6.45, 7) is 15.8. The summed E-state index contributed by atoms with van der Waals surface area (Å²) in [5.41, 5.74) is -0.0473. The first kappa shape index (κ1) is 33.5. The van der Waals surface area contributed by atoms with Crippen molar-refractivity contribution in [3.63, 3.8) is 0 Å².